The van der Waals surface area contributed by atoms with E-state index in [0.29, 0.717) is 23.7 Å². The summed E-state index contributed by atoms with van der Waals surface area (Å²) in [5.74, 6) is 0.551. The van der Waals surface area contributed by atoms with Crippen LogP contribution in [0.1, 0.15) is 56.9 Å². The number of fused-ring (bicyclic) bond motifs is 1. The summed E-state index contributed by atoms with van der Waals surface area (Å²) in [7, 11) is -2.47. The molecule has 7 nitrogen and oxygen atoms in total. The number of aryl methyl sites for hydroxylation is 2. The van der Waals surface area contributed by atoms with Gasteiger partial charge in [0.05, 0.1) is 24.2 Å². The Kier molecular flexibility index (Phi) is 8.25. The minimum Gasteiger partial charge on any atom is -0.497 e. The SMILES string of the molecule is CCc1ccc(CC)c(CNC(=O)[C@H]2CN(S(=O)(=O)c3ccc(OC)cc3)c3cc(C(C)(C)C)ccc3O2)c1. The van der Waals surface area contributed by atoms with E-state index in [-0.39, 0.29) is 22.8 Å². The van der Waals surface area contributed by atoms with Crippen molar-refractivity contribution in [3.8, 4) is 11.5 Å². The maximum Gasteiger partial charge on any atom is 0.264 e. The third-order valence-electron chi connectivity index (χ3n) is 7.15. The van der Waals surface area contributed by atoms with Gasteiger partial charge in [0.25, 0.3) is 15.9 Å². The second-order valence-corrected chi connectivity index (χ2v) is 12.6. The average molecular weight is 551 g/mol. The summed E-state index contributed by atoms with van der Waals surface area (Å²) >= 11 is 0. The van der Waals surface area contributed by atoms with Crippen molar-refractivity contribution >= 4 is 21.6 Å². The topological polar surface area (TPSA) is 84.9 Å². The van der Waals surface area contributed by atoms with E-state index in [1.807, 2.05) is 12.1 Å². The van der Waals surface area contributed by atoms with Gasteiger partial charge in [0.1, 0.15) is 11.5 Å². The minimum absolute atomic E-state index is 0.112. The molecule has 1 aliphatic heterocycles. The van der Waals surface area contributed by atoms with Gasteiger partial charge < -0.3 is 14.8 Å². The van der Waals surface area contributed by atoms with Crippen LogP contribution in [0, 0.1) is 0 Å². The van der Waals surface area contributed by atoms with Crippen LogP contribution in [-0.2, 0) is 39.6 Å². The van der Waals surface area contributed by atoms with Crippen molar-refractivity contribution in [2.24, 2.45) is 0 Å². The molecule has 208 valence electrons. The van der Waals surface area contributed by atoms with Gasteiger partial charge >= 0.3 is 0 Å². The fourth-order valence-electron chi connectivity index (χ4n) is 4.66. The smallest absolute Gasteiger partial charge is 0.264 e. The number of benzene rings is 3. The lowest BCUT2D eigenvalue weighted by atomic mass is 9.86. The Labute approximate surface area is 232 Å². The molecule has 1 N–H and O–H groups in total. The number of rotatable bonds is 8. The van der Waals surface area contributed by atoms with Gasteiger partial charge in [0.2, 0.25) is 0 Å². The van der Waals surface area contributed by atoms with E-state index in [9.17, 15) is 13.2 Å². The second-order valence-electron chi connectivity index (χ2n) is 10.8. The van der Waals surface area contributed by atoms with Gasteiger partial charge in [-0.25, -0.2) is 8.42 Å². The van der Waals surface area contributed by atoms with Gasteiger partial charge in [-0.05, 0) is 76.9 Å². The molecule has 1 aliphatic rings. The summed E-state index contributed by atoms with van der Waals surface area (Å²) in [5, 5.41) is 2.99. The summed E-state index contributed by atoms with van der Waals surface area (Å²) in [6.45, 7) is 10.6. The van der Waals surface area contributed by atoms with E-state index in [1.165, 1.54) is 34.7 Å². The van der Waals surface area contributed by atoms with Gasteiger partial charge in [-0.1, -0.05) is 58.9 Å². The zero-order valence-electron chi connectivity index (χ0n) is 23.6. The van der Waals surface area contributed by atoms with Crippen LogP contribution in [0.15, 0.2) is 65.6 Å². The van der Waals surface area contributed by atoms with E-state index in [0.717, 1.165) is 24.0 Å². The molecule has 3 aromatic carbocycles. The first kappa shape index (κ1) is 28.5. The number of sulfonamides is 1. The fraction of sp³-hybridized carbons (Fsp3) is 0.387. The lowest BCUT2D eigenvalue weighted by molar-refractivity contribution is -0.127. The van der Waals surface area contributed by atoms with Gasteiger partial charge in [0.15, 0.2) is 6.10 Å². The molecule has 1 atom stereocenters. The lowest BCUT2D eigenvalue weighted by Gasteiger charge is -2.36. The highest BCUT2D eigenvalue weighted by Crippen LogP contribution is 2.40. The number of nitrogens with one attached hydrogen (secondary N) is 1. The molecule has 1 amide bonds. The van der Waals surface area contributed by atoms with Crippen LogP contribution in [0.25, 0.3) is 0 Å². The van der Waals surface area contributed by atoms with Gasteiger partial charge in [0, 0.05) is 6.54 Å². The Hall–Kier alpha value is -3.52. The zero-order valence-corrected chi connectivity index (χ0v) is 24.4. The maximum atomic E-state index is 13.9. The minimum atomic E-state index is -4.00. The van der Waals surface area contributed by atoms with Crippen molar-refractivity contribution in [3.05, 3.63) is 82.9 Å². The third kappa shape index (κ3) is 6.06. The molecule has 0 unspecified atom stereocenters. The summed E-state index contributed by atoms with van der Waals surface area (Å²) < 4.78 is 40.4. The van der Waals surface area contributed by atoms with Crippen LogP contribution in [-0.4, -0.2) is 34.1 Å². The average Bonchev–Trinajstić information content (AvgIpc) is 2.94. The Morgan fingerprint density at radius 2 is 1.72 bits per heavy atom. The first-order chi connectivity index (χ1) is 18.5. The number of nitrogens with zero attached hydrogens (tertiary/aromatic N) is 1. The predicted molar refractivity (Wildman–Crippen MR) is 154 cm³/mol. The molecule has 0 fully saturated rings. The highest BCUT2D eigenvalue weighted by Gasteiger charge is 2.38. The first-order valence-corrected chi connectivity index (χ1v) is 14.8. The number of ether oxygens (including phenoxy) is 2. The summed E-state index contributed by atoms with van der Waals surface area (Å²) in [6.07, 6.45) is 0.750. The molecule has 39 heavy (non-hydrogen) atoms. The molecule has 1 heterocycles. The molecular formula is C31H38N2O5S. The zero-order chi connectivity index (χ0) is 28.4. The fourth-order valence-corrected chi connectivity index (χ4v) is 6.13. The number of carbonyl (C=O) groups excluding carboxylic acids is 1. The molecule has 0 aromatic heterocycles. The number of anilines is 1. The second kappa shape index (κ2) is 11.3. The van der Waals surface area contributed by atoms with E-state index < -0.39 is 16.1 Å². The largest absolute Gasteiger partial charge is 0.497 e. The number of hydrogen-bond donors (Lipinski definition) is 1. The summed E-state index contributed by atoms with van der Waals surface area (Å²) in [6, 6.07) is 18.1. The molecule has 0 radical (unpaired) electrons. The van der Waals surface area contributed by atoms with Gasteiger partial charge in [-0.15, -0.1) is 0 Å². The van der Waals surface area contributed by atoms with Crippen LogP contribution < -0.4 is 19.1 Å². The van der Waals surface area contributed by atoms with Crippen molar-refractivity contribution in [3.63, 3.8) is 0 Å². The molecule has 4 rings (SSSR count). The molecule has 0 spiro atoms. The van der Waals surface area contributed by atoms with Crippen LogP contribution in [0.2, 0.25) is 0 Å². The molecule has 0 bridgehead atoms. The molecule has 0 saturated carbocycles. The Morgan fingerprint density at radius 1 is 1.00 bits per heavy atom. The third-order valence-corrected chi connectivity index (χ3v) is 8.94. The molecule has 0 aliphatic carbocycles. The van der Waals surface area contributed by atoms with Crippen LogP contribution in [0.3, 0.4) is 0 Å². The maximum absolute atomic E-state index is 13.9. The van der Waals surface area contributed by atoms with Gasteiger partial charge in [-0.2, -0.15) is 0 Å². The lowest BCUT2D eigenvalue weighted by Crippen LogP contribution is -2.50. The Bertz CT molecular complexity index is 1440. The van der Waals surface area contributed by atoms with Crippen molar-refractivity contribution in [2.75, 3.05) is 18.0 Å². The van der Waals surface area contributed by atoms with Crippen molar-refractivity contribution < 1.29 is 22.7 Å². The number of amides is 1. The molecule has 0 saturated heterocycles. The monoisotopic (exact) mass is 550 g/mol. The quantitative estimate of drug-likeness (QED) is 0.407. The van der Waals surface area contributed by atoms with Crippen molar-refractivity contribution in [2.45, 2.75) is 70.4 Å². The van der Waals surface area contributed by atoms with Gasteiger partial charge in [-0.3, -0.25) is 9.10 Å². The Morgan fingerprint density at radius 3 is 2.33 bits per heavy atom. The number of hydrogen-bond acceptors (Lipinski definition) is 5. The van der Waals surface area contributed by atoms with Crippen LogP contribution in [0.5, 0.6) is 11.5 Å². The highest BCUT2D eigenvalue weighted by molar-refractivity contribution is 7.92. The van der Waals surface area contributed by atoms with Crippen molar-refractivity contribution in [1.82, 2.24) is 5.32 Å². The molecule has 8 heteroatoms. The van der Waals surface area contributed by atoms with Crippen molar-refractivity contribution in [1.29, 1.82) is 0 Å². The van der Waals surface area contributed by atoms with E-state index in [2.05, 4.69) is 58.1 Å². The Balaban J connectivity index is 1.67. The van der Waals surface area contributed by atoms with E-state index in [1.54, 1.807) is 18.2 Å². The van der Waals surface area contributed by atoms with Crippen LogP contribution in [0.4, 0.5) is 5.69 Å². The first-order valence-electron chi connectivity index (χ1n) is 13.3. The predicted octanol–water partition coefficient (Wildman–Crippen LogP) is 5.39. The standard InChI is InChI=1S/C31H38N2O5S/c1-7-21-9-10-22(8-2)23(17-21)19-32-30(34)29-20-33(39(35,36)26-14-12-25(37-6)13-15-26)27-18-24(31(3,4)5)11-16-28(27)38-29/h9-18,29H,7-8,19-20H2,1-6H3,(H,32,34)/t29-/m1/s1. The van der Waals surface area contributed by atoms with E-state index >= 15 is 0 Å². The normalized spacial score (nSPS) is 15.3. The number of methoxy groups -OCH3 is 1. The summed E-state index contributed by atoms with van der Waals surface area (Å²) in [4.78, 5) is 13.5. The van der Waals surface area contributed by atoms with E-state index in [4.69, 9.17) is 9.47 Å². The van der Waals surface area contributed by atoms with Crippen LogP contribution >= 0.6 is 0 Å². The molecular weight excluding hydrogens is 512 g/mol. The molecule has 3 aromatic rings. The summed E-state index contributed by atoms with van der Waals surface area (Å²) in [5.41, 5.74) is 4.60. The number of carbonyl (C=O) groups is 1. The highest BCUT2D eigenvalue weighted by atomic mass is 32.2.